The van der Waals surface area contributed by atoms with E-state index in [-0.39, 0.29) is 11.7 Å². The molecule has 2 aliphatic rings. The summed E-state index contributed by atoms with van der Waals surface area (Å²) >= 11 is 0. The zero-order valence-corrected chi connectivity index (χ0v) is 26.3. The molecular weight excluding hydrogens is 578 g/mol. The van der Waals surface area contributed by atoms with Crippen LogP contribution >= 0.6 is 0 Å². The van der Waals surface area contributed by atoms with Gasteiger partial charge < -0.3 is 33.7 Å². The molecule has 0 saturated carbocycles. The number of ether oxygens (including phenoxy) is 2. The smallest absolute Gasteiger partial charge is 0.256 e. The van der Waals surface area contributed by atoms with E-state index >= 15 is 0 Å². The van der Waals surface area contributed by atoms with Crippen LogP contribution in [0.1, 0.15) is 46.0 Å². The fraction of sp³-hybridized carbons (Fsp3) is 0.263. The van der Waals surface area contributed by atoms with Crippen LogP contribution in [0.3, 0.4) is 0 Å². The Bertz CT molecular complexity index is 1920. The van der Waals surface area contributed by atoms with Crippen molar-refractivity contribution in [3.8, 4) is 28.4 Å². The Morgan fingerprint density at radius 1 is 0.978 bits per heavy atom. The van der Waals surface area contributed by atoms with Gasteiger partial charge in [-0.2, -0.15) is 0 Å². The zero-order chi connectivity index (χ0) is 32.0. The molecule has 1 unspecified atom stereocenters. The first kappa shape index (κ1) is 29.8. The van der Waals surface area contributed by atoms with Crippen molar-refractivity contribution in [3.05, 3.63) is 113 Å². The lowest BCUT2D eigenvalue weighted by Gasteiger charge is -2.39. The van der Waals surface area contributed by atoms with Gasteiger partial charge in [0.1, 0.15) is 17.6 Å². The maximum Gasteiger partial charge on any atom is 0.256 e. The number of phenolic OH excluding ortho intramolecular Hbond substituents is 1. The summed E-state index contributed by atoms with van der Waals surface area (Å²) in [6.45, 7) is 1.37. The number of methoxy groups -OCH3 is 1. The number of amides is 1. The predicted molar refractivity (Wildman–Crippen MR) is 177 cm³/mol. The molecule has 1 aromatic heterocycles. The molecule has 8 heteroatoms. The lowest BCUT2D eigenvalue weighted by atomic mass is 9.83. The van der Waals surface area contributed by atoms with Crippen molar-refractivity contribution in [2.24, 2.45) is 0 Å². The second-order valence-electron chi connectivity index (χ2n) is 12.4. The minimum Gasteiger partial charge on any atom is -0.508 e. The lowest BCUT2D eigenvalue weighted by molar-refractivity contribution is -0.136. The number of hydrogen-bond donors (Lipinski definition) is 1. The van der Waals surface area contributed by atoms with E-state index in [4.69, 9.17) is 9.47 Å². The number of phenols is 1. The Kier molecular flexibility index (Phi) is 7.63. The highest BCUT2D eigenvalue weighted by Gasteiger charge is 2.47. The Hall–Kier alpha value is -4.92. The largest absolute Gasteiger partial charge is 0.508 e. The van der Waals surface area contributed by atoms with Crippen LogP contribution in [0.5, 0.6) is 11.5 Å². The van der Waals surface area contributed by atoms with Crippen LogP contribution in [0.25, 0.3) is 27.8 Å². The van der Waals surface area contributed by atoms with Gasteiger partial charge in [-0.3, -0.25) is 4.79 Å². The molecule has 1 spiro atoms. The monoisotopic (exact) mass is 615 g/mol. The van der Waals surface area contributed by atoms with Crippen molar-refractivity contribution < 1.29 is 24.2 Å². The number of piperidine rings is 1. The molecule has 2 aliphatic heterocycles. The van der Waals surface area contributed by atoms with Gasteiger partial charge in [-0.25, -0.2) is 0 Å². The lowest BCUT2D eigenvalue weighted by Crippen LogP contribution is -2.45. The minimum atomic E-state index is -0.607. The molecule has 3 heterocycles. The van der Waals surface area contributed by atoms with Gasteiger partial charge >= 0.3 is 0 Å². The molecule has 1 amide bonds. The van der Waals surface area contributed by atoms with Gasteiger partial charge in [-0.1, -0.05) is 42.5 Å². The molecule has 234 valence electrons. The number of likely N-dealkylation sites (tertiary alicyclic amines) is 1. The SMILES string of the molecule is COc1ccc(-c2c(C(=O)N3CCC4(CC3)OC(C=O)c3ccccc34)c3c(CN(C)C)c(O)ccc3n2-c2ccccc2)cc1. The van der Waals surface area contributed by atoms with Crippen molar-refractivity contribution >= 4 is 23.1 Å². The molecule has 1 N–H and O–H groups in total. The van der Waals surface area contributed by atoms with Crippen molar-refractivity contribution in [2.75, 3.05) is 34.3 Å². The Morgan fingerprint density at radius 3 is 2.35 bits per heavy atom. The third kappa shape index (κ3) is 4.85. The molecule has 5 aromatic rings. The van der Waals surface area contributed by atoms with E-state index < -0.39 is 11.7 Å². The van der Waals surface area contributed by atoms with Crippen LogP contribution in [0.15, 0.2) is 91.0 Å². The normalized spacial score (nSPS) is 17.0. The van der Waals surface area contributed by atoms with E-state index in [0.29, 0.717) is 43.6 Å². The summed E-state index contributed by atoms with van der Waals surface area (Å²) in [5.41, 5.74) is 5.95. The minimum absolute atomic E-state index is 0.107. The fourth-order valence-electron chi connectivity index (χ4n) is 7.24. The van der Waals surface area contributed by atoms with E-state index in [0.717, 1.165) is 51.0 Å². The first-order valence-electron chi connectivity index (χ1n) is 15.6. The molecule has 1 saturated heterocycles. The van der Waals surface area contributed by atoms with Gasteiger partial charge in [0.2, 0.25) is 0 Å². The van der Waals surface area contributed by atoms with Crippen LogP contribution < -0.4 is 4.74 Å². The maximum atomic E-state index is 15.0. The standard InChI is InChI=1S/C38H37N3O5/c1-39(2)23-29-32(43)18-17-31-34(29)35(36(25-13-15-27(45-3)16-14-25)41(31)26-9-5-4-6-10-26)37(44)40-21-19-38(20-22-40)30-12-8-7-11-28(30)33(24-42)46-38/h4-18,24,33,43H,19-23H2,1-3H3. The first-order chi connectivity index (χ1) is 22.3. The first-order valence-corrected chi connectivity index (χ1v) is 15.6. The quantitative estimate of drug-likeness (QED) is 0.211. The summed E-state index contributed by atoms with van der Waals surface area (Å²) in [4.78, 5) is 30.8. The van der Waals surface area contributed by atoms with Gasteiger partial charge in [-0.15, -0.1) is 0 Å². The number of carbonyl (C=O) groups excluding carboxylic acids is 2. The van der Waals surface area contributed by atoms with Crippen LogP contribution in [-0.2, 0) is 21.7 Å². The van der Waals surface area contributed by atoms with E-state index in [1.807, 2.05) is 109 Å². The highest BCUT2D eigenvalue weighted by Crippen LogP contribution is 2.49. The third-order valence-corrected chi connectivity index (χ3v) is 9.38. The number of para-hydroxylation sites is 1. The molecule has 1 atom stereocenters. The number of nitrogens with zero attached hydrogens (tertiary/aromatic N) is 3. The second kappa shape index (κ2) is 11.8. The van der Waals surface area contributed by atoms with Gasteiger partial charge in [-0.05, 0) is 92.2 Å². The van der Waals surface area contributed by atoms with Crippen LogP contribution in [0, 0.1) is 0 Å². The summed E-state index contributed by atoms with van der Waals surface area (Å²) < 4.78 is 14.0. The number of fused-ring (bicyclic) bond motifs is 3. The van der Waals surface area contributed by atoms with Crippen molar-refractivity contribution in [1.82, 2.24) is 14.4 Å². The summed E-state index contributed by atoms with van der Waals surface area (Å²) in [6.07, 6.45) is 1.42. The molecule has 0 radical (unpaired) electrons. The van der Waals surface area contributed by atoms with E-state index in [1.54, 1.807) is 13.2 Å². The number of benzene rings is 4. The average Bonchev–Trinajstić information content (AvgIpc) is 3.59. The summed E-state index contributed by atoms with van der Waals surface area (Å²) in [5.74, 6) is 0.760. The van der Waals surface area contributed by atoms with Gasteiger partial charge in [0.15, 0.2) is 6.29 Å². The zero-order valence-electron chi connectivity index (χ0n) is 26.3. The van der Waals surface area contributed by atoms with Crippen molar-refractivity contribution in [2.45, 2.75) is 31.1 Å². The second-order valence-corrected chi connectivity index (χ2v) is 12.4. The Morgan fingerprint density at radius 2 is 1.67 bits per heavy atom. The predicted octanol–water partition coefficient (Wildman–Crippen LogP) is 6.48. The molecule has 1 fully saturated rings. The molecule has 0 bridgehead atoms. The fourth-order valence-corrected chi connectivity index (χ4v) is 7.24. The Labute approximate surface area is 268 Å². The highest BCUT2D eigenvalue weighted by molar-refractivity contribution is 6.15. The van der Waals surface area contributed by atoms with E-state index in [1.165, 1.54) is 0 Å². The van der Waals surface area contributed by atoms with Crippen LogP contribution in [0.2, 0.25) is 0 Å². The molecule has 46 heavy (non-hydrogen) atoms. The molecule has 0 aliphatic carbocycles. The average molecular weight is 616 g/mol. The number of carbonyl (C=O) groups is 2. The maximum absolute atomic E-state index is 15.0. The number of hydrogen-bond acceptors (Lipinski definition) is 6. The number of aldehydes is 1. The number of aromatic hydroxyl groups is 1. The molecular formula is C38H37N3O5. The summed E-state index contributed by atoms with van der Waals surface area (Å²) in [6, 6.07) is 29.3. The third-order valence-electron chi connectivity index (χ3n) is 9.38. The summed E-state index contributed by atoms with van der Waals surface area (Å²) in [7, 11) is 5.54. The van der Waals surface area contributed by atoms with Gasteiger partial charge in [0.05, 0.1) is 29.5 Å². The molecule has 4 aromatic carbocycles. The van der Waals surface area contributed by atoms with Crippen LogP contribution in [-0.4, -0.2) is 66.0 Å². The molecule has 8 nitrogen and oxygen atoms in total. The topological polar surface area (TPSA) is 84.2 Å². The highest BCUT2D eigenvalue weighted by atomic mass is 16.5. The van der Waals surface area contributed by atoms with Crippen molar-refractivity contribution in [3.63, 3.8) is 0 Å². The van der Waals surface area contributed by atoms with Gasteiger partial charge in [0.25, 0.3) is 5.91 Å². The molecule has 7 rings (SSSR count). The van der Waals surface area contributed by atoms with E-state index in [2.05, 4.69) is 4.57 Å². The van der Waals surface area contributed by atoms with Gasteiger partial charge in [0, 0.05) is 36.3 Å². The van der Waals surface area contributed by atoms with E-state index in [9.17, 15) is 14.7 Å². The van der Waals surface area contributed by atoms with Crippen molar-refractivity contribution in [1.29, 1.82) is 0 Å². The van der Waals surface area contributed by atoms with Crippen LogP contribution in [0.4, 0.5) is 0 Å². The Balaban J connectivity index is 1.40. The number of aromatic nitrogens is 1. The number of rotatable bonds is 7. The summed E-state index contributed by atoms with van der Waals surface area (Å²) in [5, 5.41) is 12.0.